The number of rotatable bonds is 8. The number of thioether (sulfide) groups is 1. The van der Waals surface area contributed by atoms with Gasteiger partial charge in [-0.25, -0.2) is 19.8 Å². The first-order valence-electron chi connectivity index (χ1n) is 9.33. The number of benzene rings is 2. The van der Waals surface area contributed by atoms with Crippen molar-refractivity contribution in [1.82, 2.24) is 15.4 Å². The van der Waals surface area contributed by atoms with Crippen LogP contribution in [0.25, 0.3) is 0 Å². The number of carbonyl (C=O) groups is 1. The van der Waals surface area contributed by atoms with Crippen molar-refractivity contribution in [3.63, 3.8) is 0 Å². The molecule has 2 aromatic carbocycles. The van der Waals surface area contributed by atoms with Crippen LogP contribution >= 0.6 is 27.7 Å². The minimum absolute atomic E-state index is 0.167. The normalized spacial score (nSPS) is 11.0. The minimum atomic E-state index is -0.280. The number of aryl methyl sites for hydroxylation is 2. The Kier molecular flexibility index (Phi) is 8.13. The van der Waals surface area contributed by atoms with Crippen molar-refractivity contribution in [2.75, 3.05) is 5.75 Å². The van der Waals surface area contributed by atoms with E-state index >= 15 is 0 Å². The van der Waals surface area contributed by atoms with Crippen LogP contribution in [0, 0.1) is 19.7 Å². The molecule has 0 aliphatic rings. The Hall–Kier alpha value is -2.78. The quantitative estimate of drug-likeness (QED) is 0.207. The summed E-state index contributed by atoms with van der Waals surface area (Å²) in [6.45, 7) is 4.10. The van der Waals surface area contributed by atoms with Gasteiger partial charge in [-0.15, -0.1) is 0 Å². The van der Waals surface area contributed by atoms with Crippen molar-refractivity contribution in [3.05, 3.63) is 81.3 Å². The molecule has 1 N–H and O–H groups in total. The summed E-state index contributed by atoms with van der Waals surface area (Å²) in [7, 11) is 0. The third-order valence-electron chi connectivity index (χ3n) is 3.96. The molecule has 1 aromatic heterocycles. The molecule has 9 heteroatoms. The molecule has 1 heterocycles. The molecule has 6 nitrogen and oxygen atoms in total. The molecule has 0 aliphatic carbocycles. The van der Waals surface area contributed by atoms with E-state index in [1.165, 1.54) is 23.9 Å². The predicted octanol–water partition coefficient (Wildman–Crippen LogP) is 4.82. The number of hydrogen-bond donors (Lipinski definition) is 1. The van der Waals surface area contributed by atoms with E-state index in [-0.39, 0.29) is 17.5 Å². The van der Waals surface area contributed by atoms with E-state index < -0.39 is 0 Å². The van der Waals surface area contributed by atoms with Crippen molar-refractivity contribution in [1.29, 1.82) is 0 Å². The lowest BCUT2D eigenvalue weighted by molar-refractivity contribution is -0.118. The number of aromatic nitrogens is 2. The Bertz CT molecular complexity index is 1070. The van der Waals surface area contributed by atoms with Crippen LogP contribution in [0.5, 0.6) is 5.75 Å². The molecule has 0 saturated carbocycles. The standard InChI is InChI=1S/C22H20BrFN4O2S/c1-14-9-15(2)27-22(26-14)31-13-21(29)28-25-11-17-5-8-20(19(23)10-17)30-12-16-3-6-18(24)7-4-16/h3-11H,12-13H2,1-2H3,(H,28,29)/b25-11-. The maximum atomic E-state index is 13.0. The number of halogens is 2. The summed E-state index contributed by atoms with van der Waals surface area (Å²) in [4.78, 5) is 20.6. The molecule has 3 rings (SSSR count). The first-order chi connectivity index (χ1) is 14.9. The molecule has 160 valence electrons. The molecule has 0 bridgehead atoms. The van der Waals surface area contributed by atoms with Gasteiger partial charge in [-0.2, -0.15) is 5.10 Å². The Morgan fingerprint density at radius 2 is 1.87 bits per heavy atom. The highest BCUT2D eigenvalue weighted by atomic mass is 79.9. The van der Waals surface area contributed by atoms with Crippen LogP contribution in [0.15, 0.2) is 63.3 Å². The van der Waals surface area contributed by atoms with E-state index in [2.05, 4.69) is 36.4 Å². The summed E-state index contributed by atoms with van der Waals surface area (Å²) >= 11 is 4.72. The molecule has 0 saturated heterocycles. The molecule has 0 aliphatic heterocycles. The van der Waals surface area contributed by atoms with E-state index in [0.29, 0.717) is 17.5 Å². The van der Waals surface area contributed by atoms with E-state index in [1.807, 2.05) is 32.0 Å². The van der Waals surface area contributed by atoms with Crippen molar-refractivity contribution in [2.24, 2.45) is 5.10 Å². The van der Waals surface area contributed by atoms with E-state index in [0.717, 1.165) is 27.0 Å². The highest BCUT2D eigenvalue weighted by Gasteiger charge is 2.06. The Morgan fingerprint density at radius 3 is 2.55 bits per heavy atom. The highest BCUT2D eigenvalue weighted by molar-refractivity contribution is 9.10. The third kappa shape index (κ3) is 7.45. The third-order valence-corrected chi connectivity index (χ3v) is 5.43. The summed E-state index contributed by atoms with van der Waals surface area (Å²) in [6.07, 6.45) is 1.55. The maximum Gasteiger partial charge on any atom is 0.250 e. The Labute approximate surface area is 192 Å². The van der Waals surface area contributed by atoms with Gasteiger partial charge in [0, 0.05) is 11.4 Å². The van der Waals surface area contributed by atoms with Gasteiger partial charge in [-0.1, -0.05) is 23.9 Å². The summed E-state index contributed by atoms with van der Waals surface area (Å²) in [6, 6.07) is 13.5. The van der Waals surface area contributed by atoms with Crippen molar-refractivity contribution >= 4 is 39.8 Å². The Balaban J connectivity index is 1.48. The second-order valence-electron chi connectivity index (χ2n) is 6.62. The van der Waals surface area contributed by atoms with Crippen LogP contribution in [0.2, 0.25) is 0 Å². The zero-order chi connectivity index (χ0) is 22.2. The maximum absolute atomic E-state index is 13.0. The molecule has 0 radical (unpaired) electrons. The van der Waals surface area contributed by atoms with Gasteiger partial charge in [-0.05, 0) is 77.3 Å². The van der Waals surface area contributed by atoms with Crippen molar-refractivity contribution in [3.8, 4) is 5.75 Å². The van der Waals surface area contributed by atoms with Crippen LogP contribution in [0.3, 0.4) is 0 Å². The van der Waals surface area contributed by atoms with Gasteiger partial charge in [0.15, 0.2) is 5.16 Å². The summed E-state index contributed by atoms with van der Waals surface area (Å²) in [5.41, 5.74) is 5.87. The Morgan fingerprint density at radius 1 is 1.16 bits per heavy atom. The average Bonchev–Trinajstić information content (AvgIpc) is 2.72. The number of carbonyl (C=O) groups excluding carboxylic acids is 1. The number of hydrogen-bond acceptors (Lipinski definition) is 6. The van der Waals surface area contributed by atoms with Gasteiger partial charge in [0.2, 0.25) is 0 Å². The molecular weight excluding hydrogens is 483 g/mol. The number of nitrogens with one attached hydrogen (secondary N) is 1. The number of nitrogens with zero attached hydrogens (tertiary/aromatic N) is 3. The van der Waals surface area contributed by atoms with Gasteiger partial charge in [-0.3, -0.25) is 4.79 Å². The van der Waals surface area contributed by atoms with E-state index in [9.17, 15) is 9.18 Å². The fourth-order valence-corrected chi connectivity index (χ4v) is 3.81. The second kappa shape index (κ2) is 11.0. The molecule has 3 aromatic rings. The van der Waals surface area contributed by atoms with Gasteiger partial charge in [0.25, 0.3) is 5.91 Å². The summed E-state index contributed by atoms with van der Waals surface area (Å²) in [5.74, 6) is 0.288. The van der Waals surface area contributed by atoms with Crippen LogP contribution in [0.4, 0.5) is 4.39 Å². The van der Waals surface area contributed by atoms with Gasteiger partial charge >= 0.3 is 0 Å². The van der Waals surface area contributed by atoms with Crippen LogP contribution < -0.4 is 10.2 Å². The van der Waals surface area contributed by atoms with Gasteiger partial charge < -0.3 is 4.74 Å². The lowest BCUT2D eigenvalue weighted by atomic mass is 10.2. The molecule has 1 amide bonds. The summed E-state index contributed by atoms with van der Waals surface area (Å²) < 4.78 is 19.5. The van der Waals surface area contributed by atoms with Crippen LogP contribution in [-0.2, 0) is 11.4 Å². The number of amides is 1. The van der Waals surface area contributed by atoms with Gasteiger partial charge in [0.1, 0.15) is 18.2 Å². The average molecular weight is 503 g/mol. The molecule has 0 spiro atoms. The van der Waals surface area contributed by atoms with Crippen molar-refractivity contribution in [2.45, 2.75) is 25.6 Å². The summed E-state index contributed by atoms with van der Waals surface area (Å²) in [5, 5.41) is 4.55. The zero-order valence-electron chi connectivity index (χ0n) is 16.9. The molecular formula is C22H20BrFN4O2S. The smallest absolute Gasteiger partial charge is 0.250 e. The fraction of sp³-hybridized carbons (Fsp3) is 0.182. The van der Waals surface area contributed by atoms with Crippen molar-refractivity contribution < 1.29 is 13.9 Å². The SMILES string of the molecule is Cc1cc(C)nc(SCC(=O)N/N=C\c2ccc(OCc3ccc(F)cc3)c(Br)c2)n1. The molecule has 0 unspecified atom stereocenters. The molecule has 0 fully saturated rings. The lowest BCUT2D eigenvalue weighted by Gasteiger charge is -2.09. The fourth-order valence-electron chi connectivity index (χ4n) is 2.56. The van der Waals surface area contributed by atoms with Crippen LogP contribution in [-0.4, -0.2) is 27.8 Å². The molecule has 31 heavy (non-hydrogen) atoms. The van der Waals surface area contributed by atoms with Crippen LogP contribution in [0.1, 0.15) is 22.5 Å². The second-order valence-corrected chi connectivity index (χ2v) is 8.42. The molecule has 0 atom stereocenters. The lowest BCUT2D eigenvalue weighted by Crippen LogP contribution is -2.19. The van der Waals surface area contributed by atoms with E-state index in [4.69, 9.17) is 4.74 Å². The van der Waals surface area contributed by atoms with Gasteiger partial charge in [0.05, 0.1) is 16.4 Å². The zero-order valence-corrected chi connectivity index (χ0v) is 19.3. The number of ether oxygens (including phenoxy) is 1. The number of hydrazone groups is 1. The predicted molar refractivity (Wildman–Crippen MR) is 123 cm³/mol. The first kappa shape index (κ1) is 22.9. The minimum Gasteiger partial charge on any atom is -0.488 e. The highest BCUT2D eigenvalue weighted by Crippen LogP contribution is 2.26. The topological polar surface area (TPSA) is 76.5 Å². The largest absolute Gasteiger partial charge is 0.488 e. The first-order valence-corrected chi connectivity index (χ1v) is 11.1. The van der Waals surface area contributed by atoms with E-state index in [1.54, 1.807) is 24.4 Å². The monoisotopic (exact) mass is 502 g/mol.